The van der Waals surface area contributed by atoms with E-state index in [1.807, 2.05) is 4.90 Å². The minimum atomic E-state index is -3.76. The van der Waals surface area contributed by atoms with E-state index in [0.29, 0.717) is 61.1 Å². The SMILES string of the molecule is COCCNC(=O)C1CCN(C2=NS(=O)(=O)C(c3ccc(Cl)cc3)=C2C)CC1. The second-order valence-electron chi connectivity index (χ2n) is 6.90. The largest absolute Gasteiger partial charge is 0.383 e. The Labute approximate surface area is 170 Å². The number of methoxy groups -OCH3 is 1. The third-order valence-electron chi connectivity index (χ3n) is 5.02. The maximum absolute atomic E-state index is 12.6. The lowest BCUT2D eigenvalue weighted by molar-refractivity contribution is -0.126. The summed E-state index contributed by atoms with van der Waals surface area (Å²) in [7, 11) is -2.16. The molecule has 1 saturated heterocycles. The standard InChI is InChI=1S/C19H24ClN3O4S/c1-13-17(14-3-5-16(20)6-4-14)28(25,26)22-18(13)23-10-7-15(8-11-23)19(24)21-9-12-27-2/h3-6,15H,7-12H2,1-2H3,(H,21,24). The van der Waals surface area contributed by atoms with Gasteiger partial charge in [0.1, 0.15) is 10.7 Å². The van der Waals surface area contributed by atoms with Crippen molar-refractivity contribution < 1.29 is 17.9 Å². The number of carbonyl (C=O) groups excluding carboxylic acids is 1. The van der Waals surface area contributed by atoms with Crippen LogP contribution in [0.1, 0.15) is 25.3 Å². The highest BCUT2D eigenvalue weighted by molar-refractivity contribution is 8.00. The van der Waals surface area contributed by atoms with Gasteiger partial charge in [0.05, 0.1) is 6.61 Å². The van der Waals surface area contributed by atoms with Crippen molar-refractivity contribution in [2.24, 2.45) is 10.3 Å². The molecule has 2 aliphatic rings. The third kappa shape index (κ3) is 4.39. The zero-order chi connectivity index (χ0) is 20.3. The lowest BCUT2D eigenvalue weighted by atomic mass is 9.95. The van der Waals surface area contributed by atoms with Gasteiger partial charge in [-0.15, -0.1) is 4.40 Å². The molecule has 0 aromatic heterocycles. The Morgan fingerprint density at radius 2 is 1.93 bits per heavy atom. The van der Waals surface area contributed by atoms with E-state index >= 15 is 0 Å². The Morgan fingerprint density at radius 1 is 1.29 bits per heavy atom. The van der Waals surface area contributed by atoms with E-state index in [4.69, 9.17) is 16.3 Å². The highest BCUT2D eigenvalue weighted by Gasteiger charge is 2.35. The van der Waals surface area contributed by atoms with E-state index < -0.39 is 10.0 Å². The maximum Gasteiger partial charge on any atom is 0.285 e. The maximum atomic E-state index is 12.6. The number of halogens is 1. The number of amides is 1. The molecule has 0 radical (unpaired) electrons. The quantitative estimate of drug-likeness (QED) is 0.731. The van der Waals surface area contributed by atoms with Crippen LogP contribution >= 0.6 is 11.6 Å². The molecule has 0 bridgehead atoms. The number of nitrogens with zero attached hydrogens (tertiary/aromatic N) is 2. The molecule has 1 N–H and O–H groups in total. The fraction of sp³-hybridized carbons (Fsp3) is 0.474. The van der Waals surface area contributed by atoms with Crippen LogP contribution in [-0.4, -0.2) is 58.4 Å². The first-order valence-electron chi connectivity index (χ1n) is 9.17. The van der Waals surface area contributed by atoms with Crippen LogP contribution < -0.4 is 5.32 Å². The molecule has 2 heterocycles. The Morgan fingerprint density at radius 3 is 2.54 bits per heavy atom. The van der Waals surface area contributed by atoms with E-state index in [9.17, 15) is 13.2 Å². The number of nitrogens with one attached hydrogen (secondary N) is 1. The number of rotatable bonds is 5. The minimum Gasteiger partial charge on any atom is -0.383 e. The predicted molar refractivity (Wildman–Crippen MR) is 110 cm³/mol. The molecule has 0 aliphatic carbocycles. The summed E-state index contributed by atoms with van der Waals surface area (Å²) in [4.78, 5) is 14.4. The zero-order valence-electron chi connectivity index (χ0n) is 15.9. The minimum absolute atomic E-state index is 0.0202. The van der Waals surface area contributed by atoms with Gasteiger partial charge < -0.3 is 15.0 Å². The number of hydrogen-bond acceptors (Lipinski definition) is 5. The molecule has 28 heavy (non-hydrogen) atoms. The topological polar surface area (TPSA) is 88.1 Å². The number of ether oxygens (including phenoxy) is 1. The number of sulfonamides is 1. The van der Waals surface area contributed by atoms with Crippen molar-refractivity contribution in [2.75, 3.05) is 33.4 Å². The first-order valence-corrected chi connectivity index (χ1v) is 11.0. The highest BCUT2D eigenvalue weighted by atomic mass is 35.5. The Kier molecular flexibility index (Phi) is 6.42. The summed E-state index contributed by atoms with van der Waals surface area (Å²) in [5, 5.41) is 3.41. The van der Waals surface area contributed by atoms with Crippen LogP contribution in [-0.2, 0) is 19.6 Å². The third-order valence-corrected chi connectivity index (χ3v) is 6.74. The second kappa shape index (κ2) is 8.63. The monoisotopic (exact) mass is 425 g/mol. The van der Waals surface area contributed by atoms with Gasteiger partial charge in [-0.2, -0.15) is 8.42 Å². The first-order chi connectivity index (χ1) is 13.3. The van der Waals surface area contributed by atoms with E-state index in [2.05, 4.69) is 9.71 Å². The zero-order valence-corrected chi connectivity index (χ0v) is 17.5. The van der Waals surface area contributed by atoms with E-state index in [1.165, 1.54) is 0 Å². The van der Waals surface area contributed by atoms with Gasteiger partial charge in [0.25, 0.3) is 10.0 Å². The summed E-state index contributed by atoms with van der Waals surface area (Å²) in [5.41, 5.74) is 1.21. The molecule has 0 unspecified atom stereocenters. The van der Waals surface area contributed by atoms with Crippen LogP contribution in [0.5, 0.6) is 0 Å². The van der Waals surface area contributed by atoms with Crippen molar-refractivity contribution in [2.45, 2.75) is 19.8 Å². The van der Waals surface area contributed by atoms with Gasteiger partial charge in [-0.3, -0.25) is 4.79 Å². The fourth-order valence-electron chi connectivity index (χ4n) is 3.56. The van der Waals surface area contributed by atoms with Gasteiger partial charge in [0.15, 0.2) is 0 Å². The van der Waals surface area contributed by atoms with Gasteiger partial charge >= 0.3 is 0 Å². The van der Waals surface area contributed by atoms with Gasteiger partial charge in [-0.25, -0.2) is 0 Å². The molecular weight excluding hydrogens is 402 g/mol. The lowest BCUT2D eigenvalue weighted by Crippen LogP contribution is -2.43. The summed E-state index contributed by atoms with van der Waals surface area (Å²) < 4.78 is 34.3. The summed E-state index contributed by atoms with van der Waals surface area (Å²) >= 11 is 5.91. The summed E-state index contributed by atoms with van der Waals surface area (Å²) in [6, 6.07) is 6.71. The molecule has 7 nitrogen and oxygen atoms in total. The molecular formula is C19H24ClN3O4S. The number of piperidine rings is 1. The molecule has 0 saturated carbocycles. The number of likely N-dealkylation sites (tertiary alicyclic amines) is 1. The van der Waals surface area contributed by atoms with Gasteiger partial charge in [0.2, 0.25) is 5.91 Å². The Balaban J connectivity index is 1.71. The average Bonchev–Trinajstić information content (AvgIpc) is 2.92. The molecule has 1 aromatic rings. The molecule has 1 amide bonds. The van der Waals surface area contributed by atoms with Crippen LogP contribution in [0.25, 0.3) is 4.91 Å². The molecule has 2 aliphatic heterocycles. The Bertz CT molecular complexity index is 902. The summed E-state index contributed by atoms with van der Waals surface area (Å²) in [6.45, 7) is 3.92. The van der Waals surface area contributed by atoms with Crippen molar-refractivity contribution in [3.8, 4) is 0 Å². The van der Waals surface area contributed by atoms with Gasteiger partial charge in [-0.05, 0) is 37.5 Å². The van der Waals surface area contributed by atoms with Crippen molar-refractivity contribution in [3.05, 3.63) is 40.4 Å². The predicted octanol–water partition coefficient (Wildman–Crippen LogP) is 2.29. The van der Waals surface area contributed by atoms with Crippen LogP contribution in [0.4, 0.5) is 0 Å². The molecule has 0 atom stereocenters. The average molecular weight is 426 g/mol. The summed E-state index contributed by atoms with van der Waals surface area (Å²) in [6.07, 6.45) is 1.31. The van der Waals surface area contributed by atoms with Crippen molar-refractivity contribution >= 4 is 38.3 Å². The van der Waals surface area contributed by atoms with Crippen LogP contribution in [0.3, 0.4) is 0 Å². The van der Waals surface area contributed by atoms with E-state index in [1.54, 1.807) is 38.3 Å². The molecule has 3 rings (SSSR count). The smallest absolute Gasteiger partial charge is 0.285 e. The van der Waals surface area contributed by atoms with Crippen LogP contribution in [0.15, 0.2) is 34.2 Å². The lowest BCUT2D eigenvalue weighted by Gasteiger charge is -2.32. The van der Waals surface area contributed by atoms with Crippen molar-refractivity contribution in [3.63, 3.8) is 0 Å². The molecule has 152 valence electrons. The summed E-state index contributed by atoms with van der Waals surface area (Å²) in [5.74, 6) is 0.418. The van der Waals surface area contributed by atoms with E-state index in [-0.39, 0.29) is 16.7 Å². The number of benzene rings is 1. The fourth-order valence-corrected chi connectivity index (χ4v) is 5.17. The van der Waals surface area contributed by atoms with Crippen LogP contribution in [0.2, 0.25) is 5.02 Å². The van der Waals surface area contributed by atoms with Crippen molar-refractivity contribution in [1.29, 1.82) is 0 Å². The molecule has 0 spiro atoms. The normalized spacial score (nSPS) is 19.7. The van der Waals surface area contributed by atoms with Gasteiger partial charge in [-0.1, -0.05) is 23.7 Å². The number of hydrogen-bond donors (Lipinski definition) is 1. The number of amidine groups is 1. The van der Waals surface area contributed by atoms with Gasteiger partial charge in [0, 0.05) is 43.3 Å². The van der Waals surface area contributed by atoms with E-state index in [0.717, 1.165) is 0 Å². The second-order valence-corrected chi connectivity index (χ2v) is 8.87. The van der Waals surface area contributed by atoms with Crippen LogP contribution in [0, 0.1) is 5.92 Å². The molecule has 9 heteroatoms. The Hall–Kier alpha value is -1.90. The van der Waals surface area contributed by atoms with Crippen molar-refractivity contribution in [1.82, 2.24) is 10.2 Å². The molecule has 1 aromatic carbocycles. The molecule has 1 fully saturated rings. The highest BCUT2D eigenvalue weighted by Crippen LogP contribution is 2.35. The number of carbonyl (C=O) groups is 1. The first kappa shape index (κ1) is 20.8.